The second-order valence-electron chi connectivity index (χ2n) is 3.61. The molecule has 0 aliphatic heterocycles. The summed E-state index contributed by atoms with van der Waals surface area (Å²) in [4.78, 5) is 0. The Hall–Kier alpha value is -0.0000000000000000555. The fourth-order valence-electron chi connectivity index (χ4n) is 1.16. The Morgan fingerprint density at radius 1 is 1.38 bits per heavy atom. The van der Waals surface area contributed by atoms with Crippen LogP contribution >= 0.6 is 11.6 Å². The number of ether oxygens (including phenoxy) is 1. The highest BCUT2D eigenvalue weighted by Gasteiger charge is 2.27. The molecule has 16 heavy (non-hydrogen) atoms. The first kappa shape index (κ1) is 16.0. The van der Waals surface area contributed by atoms with Gasteiger partial charge in [-0.2, -0.15) is 13.2 Å². The molecule has 0 heterocycles. The average Bonchev–Trinajstić information content (AvgIpc) is 2.15. The normalized spacial score (nSPS) is 14.1. The van der Waals surface area contributed by atoms with Gasteiger partial charge in [0.1, 0.15) is 6.61 Å². The minimum absolute atomic E-state index is 0.0982. The lowest BCUT2D eigenvalue weighted by atomic mass is 10.2. The standard InChI is InChI=1S/C10H19ClF3NO/c1-2-4-9(11)7-15-5-3-6-16-8-10(12,13)14/h9,15H,2-8H2,1H3. The highest BCUT2D eigenvalue weighted by atomic mass is 35.5. The fourth-order valence-corrected chi connectivity index (χ4v) is 1.49. The molecule has 98 valence electrons. The number of hydrogen-bond donors (Lipinski definition) is 1. The fraction of sp³-hybridized carbons (Fsp3) is 1.00. The van der Waals surface area contributed by atoms with Gasteiger partial charge in [-0.3, -0.25) is 0 Å². The second kappa shape index (κ2) is 9.07. The van der Waals surface area contributed by atoms with Crippen LogP contribution in [0.3, 0.4) is 0 Å². The van der Waals surface area contributed by atoms with Crippen LogP contribution < -0.4 is 5.32 Å². The van der Waals surface area contributed by atoms with Crippen LogP contribution in [-0.4, -0.2) is 37.9 Å². The molecule has 0 fully saturated rings. The van der Waals surface area contributed by atoms with Gasteiger partial charge in [-0.1, -0.05) is 13.3 Å². The summed E-state index contributed by atoms with van der Waals surface area (Å²) >= 11 is 5.94. The van der Waals surface area contributed by atoms with E-state index < -0.39 is 12.8 Å². The van der Waals surface area contributed by atoms with E-state index in [0.29, 0.717) is 19.5 Å². The maximum absolute atomic E-state index is 11.7. The molecule has 0 aromatic rings. The molecule has 0 spiro atoms. The lowest BCUT2D eigenvalue weighted by Gasteiger charge is -2.10. The zero-order chi connectivity index (χ0) is 12.4. The molecule has 1 unspecified atom stereocenters. The van der Waals surface area contributed by atoms with Crippen LogP contribution in [0.15, 0.2) is 0 Å². The lowest BCUT2D eigenvalue weighted by Crippen LogP contribution is -2.25. The Labute approximate surface area is 99.5 Å². The molecule has 0 aromatic carbocycles. The van der Waals surface area contributed by atoms with Gasteiger partial charge in [-0.15, -0.1) is 11.6 Å². The van der Waals surface area contributed by atoms with Gasteiger partial charge in [0, 0.05) is 18.5 Å². The number of rotatable bonds is 9. The van der Waals surface area contributed by atoms with Crippen LogP contribution in [0.1, 0.15) is 26.2 Å². The van der Waals surface area contributed by atoms with E-state index in [1.54, 1.807) is 0 Å². The number of nitrogens with one attached hydrogen (secondary N) is 1. The van der Waals surface area contributed by atoms with Crippen molar-refractivity contribution in [3.8, 4) is 0 Å². The minimum atomic E-state index is -4.23. The SMILES string of the molecule is CCCC(Cl)CNCCCOCC(F)(F)F. The molecule has 1 N–H and O–H groups in total. The van der Waals surface area contributed by atoms with Crippen molar-refractivity contribution in [2.24, 2.45) is 0 Å². The molecule has 0 rings (SSSR count). The van der Waals surface area contributed by atoms with Crippen LogP contribution in [0, 0.1) is 0 Å². The summed E-state index contributed by atoms with van der Waals surface area (Å²) in [6.45, 7) is 2.33. The van der Waals surface area contributed by atoms with Crippen LogP contribution in [0.5, 0.6) is 0 Å². The zero-order valence-electron chi connectivity index (χ0n) is 9.45. The summed E-state index contributed by atoms with van der Waals surface area (Å²) in [5, 5.41) is 3.17. The predicted molar refractivity (Wildman–Crippen MR) is 58.9 cm³/mol. The van der Waals surface area contributed by atoms with E-state index in [-0.39, 0.29) is 12.0 Å². The molecular weight excluding hydrogens is 243 g/mol. The Balaban J connectivity index is 3.16. The quantitative estimate of drug-likeness (QED) is 0.509. The van der Waals surface area contributed by atoms with Crippen molar-refractivity contribution in [2.45, 2.75) is 37.7 Å². The van der Waals surface area contributed by atoms with Gasteiger partial charge in [0.15, 0.2) is 0 Å². The van der Waals surface area contributed by atoms with Gasteiger partial charge in [-0.25, -0.2) is 0 Å². The molecule has 0 saturated heterocycles. The van der Waals surface area contributed by atoms with Gasteiger partial charge >= 0.3 is 6.18 Å². The van der Waals surface area contributed by atoms with Gasteiger partial charge in [0.2, 0.25) is 0 Å². The summed E-state index contributed by atoms with van der Waals surface area (Å²) in [6.07, 6.45) is -1.69. The minimum Gasteiger partial charge on any atom is -0.372 e. The maximum atomic E-state index is 11.7. The van der Waals surface area contributed by atoms with Crippen LogP contribution in [0.2, 0.25) is 0 Å². The molecule has 0 amide bonds. The highest BCUT2D eigenvalue weighted by molar-refractivity contribution is 6.20. The van der Waals surface area contributed by atoms with Crippen molar-refractivity contribution in [1.82, 2.24) is 5.32 Å². The molecule has 0 aromatic heterocycles. The van der Waals surface area contributed by atoms with Crippen molar-refractivity contribution >= 4 is 11.6 Å². The van der Waals surface area contributed by atoms with Gasteiger partial charge in [0.25, 0.3) is 0 Å². The molecule has 0 saturated carbocycles. The van der Waals surface area contributed by atoms with E-state index >= 15 is 0 Å². The molecule has 0 radical (unpaired) electrons. The molecule has 2 nitrogen and oxygen atoms in total. The van der Waals surface area contributed by atoms with E-state index in [1.165, 1.54) is 0 Å². The third-order valence-corrected chi connectivity index (χ3v) is 2.25. The zero-order valence-corrected chi connectivity index (χ0v) is 10.2. The third-order valence-electron chi connectivity index (χ3n) is 1.88. The molecule has 0 bridgehead atoms. The third kappa shape index (κ3) is 12.1. The van der Waals surface area contributed by atoms with Gasteiger partial charge < -0.3 is 10.1 Å². The Bertz CT molecular complexity index is 167. The van der Waals surface area contributed by atoms with Crippen molar-refractivity contribution in [3.63, 3.8) is 0 Å². The first-order valence-corrected chi connectivity index (χ1v) is 5.88. The summed E-state index contributed by atoms with van der Waals surface area (Å²) in [7, 11) is 0. The van der Waals surface area contributed by atoms with Crippen molar-refractivity contribution in [3.05, 3.63) is 0 Å². The lowest BCUT2D eigenvalue weighted by molar-refractivity contribution is -0.173. The average molecular weight is 262 g/mol. The Kier molecular flexibility index (Phi) is 9.07. The van der Waals surface area contributed by atoms with Gasteiger partial charge in [0.05, 0.1) is 0 Å². The molecule has 6 heteroatoms. The Morgan fingerprint density at radius 2 is 2.06 bits per heavy atom. The van der Waals surface area contributed by atoms with Crippen LogP contribution in [0.25, 0.3) is 0 Å². The highest BCUT2D eigenvalue weighted by Crippen LogP contribution is 2.14. The first-order valence-electron chi connectivity index (χ1n) is 5.45. The van der Waals surface area contributed by atoms with E-state index in [1.807, 2.05) is 0 Å². The van der Waals surface area contributed by atoms with E-state index in [0.717, 1.165) is 12.8 Å². The molecule has 0 aliphatic carbocycles. The molecular formula is C10H19ClF3NO. The summed E-state index contributed by atoms with van der Waals surface area (Å²) in [5.41, 5.74) is 0. The predicted octanol–water partition coefficient (Wildman–Crippen LogP) is 2.95. The monoisotopic (exact) mass is 261 g/mol. The van der Waals surface area contributed by atoms with Crippen LogP contribution in [0.4, 0.5) is 13.2 Å². The number of alkyl halides is 4. The molecule has 0 aliphatic rings. The second-order valence-corrected chi connectivity index (χ2v) is 4.23. The van der Waals surface area contributed by atoms with Crippen LogP contribution in [-0.2, 0) is 4.74 Å². The molecule has 1 atom stereocenters. The smallest absolute Gasteiger partial charge is 0.372 e. The van der Waals surface area contributed by atoms with E-state index in [2.05, 4.69) is 17.0 Å². The van der Waals surface area contributed by atoms with E-state index in [4.69, 9.17) is 11.6 Å². The summed E-state index contributed by atoms with van der Waals surface area (Å²) in [6, 6.07) is 0. The summed E-state index contributed by atoms with van der Waals surface area (Å²) < 4.78 is 39.4. The number of halogens is 4. The summed E-state index contributed by atoms with van der Waals surface area (Å²) in [5.74, 6) is 0. The largest absolute Gasteiger partial charge is 0.411 e. The topological polar surface area (TPSA) is 21.3 Å². The van der Waals surface area contributed by atoms with Crippen molar-refractivity contribution in [1.29, 1.82) is 0 Å². The Morgan fingerprint density at radius 3 is 2.62 bits per heavy atom. The van der Waals surface area contributed by atoms with Gasteiger partial charge in [-0.05, 0) is 19.4 Å². The maximum Gasteiger partial charge on any atom is 0.411 e. The first-order chi connectivity index (χ1) is 7.45. The van der Waals surface area contributed by atoms with Crippen molar-refractivity contribution in [2.75, 3.05) is 26.3 Å². The van der Waals surface area contributed by atoms with E-state index in [9.17, 15) is 13.2 Å². The number of hydrogen-bond acceptors (Lipinski definition) is 2. The van der Waals surface area contributed by atoms with Crippen molar-refractivity contribution < 1.29 is 17.9 Å².